The molecule has 2 heteroatoms. The van der Waals surface area contributed by atoms with Crippen LogP contribution in [0.1, 0.15) is 130 Å². The average Bonchev–Trinajstić information content (AvgIpc) is 2.65. The molecule has 0 spiro atoms. The molecule has 0 aromatic carbocycles. The second kappa shape index (κ2) is 20.5. The van der Waals surface area contributed by atoms with Gasteiger partial charge in [-0.15, -0.1) is 0 Å². The Morgan fingerprint density at radius 2 is 1.08 bits per heavy atom. The van der Waals surface area contributed by atoms with E-state index in [0.29, 0.717) is 6.61 Å². The standard InChI is InChI=1S/C24H46O2/c1-4-6-8-10-12-14-15-17-19-21-23(3)24(25)26-22-20-18-16-13-11-9-7-5-2/h21H,4-20,22H2,1-3H3/b23-21+. The summed E-state index contributed by atoms with van der Waals surface area (Å²) in [5.74, 6) is -0.118. The number of carbonyl (C=O) groups is 1. The molecule has 0 unspecified atom stereocenters. The van der Waals surface area contributed by atoms with E-state index >= 15 is 0 Å². The number of esters is 1. The van der Waals surface area contributed by atoms with Crippen LogP contribution in [0.4, 0.5) is 0 Å². The Labute approximate surface area is 164 Å². The van der Waals surface area contributed by atoms with Gasteiger partial charge < -0.3 is 4.74 Å². The summed E-state index contributed by atoms with van der Waals surface area (Å²) in [7, 11) is 0. The van der Waals surface area contributed by atoms with Crippen LogP contribution in [0, 0.1) is 0 Å². The van der Waals surface area contributed by atoms with Crippen molar-refractivity contribution in [2.24, 2.45) is 0 Å². The lowest BCUT2D eigenvalue weighted by Gasteiger charge is -2.05. The molecule has 0 aliphatic carbocycles. The molecule has 0 aromatic heterocycles. The van der Waals surface area contributed by atoms with Crippen molar-refractivity contribution in [1.82, 2.24) is 0 Å². The Morgan fingerprint density at radius 1 is 0.654 bits per heavy atom. The molecule has 0 aliphatic rings. The van der Waals surface area contributed by atoms with E-state index in [2.05, 4.69) is 19.9 Å². The summed E-state index contributed by atoms with van der Waals surface area (Å²) in [6, 6.07) is 0. The van der Waals surface area contributed by atoms with E-state index in [4.69, 9.17) is 4.74 Å². The minimum absolute atomic E-state index is 0.118. The molecule has 0 N–H and O–H groups in total. The van der Waals surface area contributed by atoms with Crippen LogP contribution in [-0.4, -0.2) is 12.6 Å². The van der Waals surface area contributed by atoms with E-state index in [0.717, 1.165) is 18.4 Å². The van der Waals surface area contributed by atoms with Gasteiger partial charge in [0.2, 0.25) is 0 Å². The van der Waals surface area contributed by atoms with Gasteiger partial charge in [-0.05, 0) is 26.2 Å². The Morgan fingerprint density at radius 3 is 1.58 bits per heavy atom. The lowest BCUT2D eigenvalue weighted by molar-refractivity contribution is -0.139. The Bertz CT molecular complexity index is 333. The van der Waals surface area contributed by atoms with Crippen LogP contribution in [0.5, 0.6) is 0 Å². The van der Waals surface area contributed by atoms with Crippen molar-refractivity contribution < 1.29 is 9.53 Å². The van der Waals surface area contributed by atoms with Crippen LogP contribution in [0.3, 0.4) is 0 Å². The summed E-state index contributed by atoms with van der Waals surface area (Å²) >= 11 is 0. The predicted molar refractivity (Wildman–Crippen MR) is 115 cm³/mol. The number of allylic oxidation sites excluding steroid dienone is 1. The Kier molecular flexibility index (Phi) is 19.9. The summed E-state index contributed by atoms with van der Waals surface area (Å²) in [6.45, 7) is 6.98. The molecule has 0 aromatic rings. The quantitative estimate of drug-likeness (QED) is 0.131. The molecule has 0 heterocycles. The molecule has 0 saturated carbocycles. The first kappa shape index (κ1) is 25.2. The highest BCUT2D eigenvalue weighted by Gasteiger charge is 2.04. The van der Waals surface area contributed by atoms with Gasteiger partial charge in [-0.2, -0.15) is 0 Å². The van der Waals surface area contributed by atoms with E-state index in [1.807, 2.05) is 6.92 Å². The Balaban J connectivity index is 3.45. The first-order valence-corrected chi connectivity index (χ1v) is 11.6. The number of ether oxygens (including phenoxy) is 1. The molecule has 0 saturated heterocycles. The maximum absolute atomic E-state index is 11.9. The monoisotopic (exact) mass is 366 g/mol. The largest absolute Gasteiger partial charge is 0.462 e. The van der Waals surface area contributed by atoms with E-state index in [1.165, 1.54) is 96.3 Å². The van der Waals surface area contributed by atoms with Crippen molar-refractivity contribution in [3.05, 3.63) is 11.6 Å². The van der Waals surface area contributed by atoms with Crippen molar-refractivity contribution in [2.45, 2.75) is 130 Å². The van der Waals surface area contributed by atoms with Crippen molar-refractivity contribution in [2.75, 3.05) is 6.61 Å². The normalized spacial score (nSPS) is 11.7. The summed E-state index contributed by atoms with van der Waals surface area (Å²) in [5, 5.41) is 0. The zero-order valence-corrected chi connectivity index (χ0v) is 18.1. The molecule has 0 bridgehead atoms. The molecule has 0 fully saturated rings. The summed E-state index contributed by atoms with van der Waals surface area (Å²) in [5.41, 5.74) is 0.785. The fraction of sp³-hybridized carbons (Fsp3) is 0.875. The molecule has 0 rings (SSSR count). The highest BCUT2D eigenvalue weighted by molar-refractivity contribution is 5.87. The van der Waals surface area contributed by atoms with E-state index < -0.39 is 0 Å². The van der Waals surface area contributed by atoms with E-state index in [1.54, 1.807) is 0 Å². The molecule has 0 atom stereocenters. The van der Waals surface area contributed by atoms with Crippen LogP contribution in [-0.2, 0) is 9.53 Å². The van der Waals surface area contributed by atoms with Gasteiger partial charge in [0, 0.05) is 5.57 Å². The molecule has 2 nitrogen and oxygen atoms in total. The highest BCUT2D eigenvalue weighted by Crippen LogP contribution is 2.11. The average molecular weight is 367 g/mol. The molecule has 0 amide bonds. The third kappa shape index (κ3) is 18.0. The lowest BCUT2D eigenvalue weighted by atomic mass is 10.1. The number of rotatable bonds is 19. The smallest absolute Gasteiger partial charge is 0.333 e. The van der Waals surface area contributed by atoms with Gasteiger partial charge in [-0.1, -0.05) is 110 Å². The van der Waals surface area contributed by atoms with Crippen molar-refractivity contribution in [3.63, 3.8) is 0 Å². The number of hydrogen-bond donors (Lipinski definition) is 0. The third-order valence-corrected chi connectivity index (χ3v) is 5.06. The Hall–Kier alpha value is -0.790. The molecule has 0 radical (unpaired) electrons. The second-order valence-corrected chi connectivity index (χ2v) is 7.76. The number of carbonyl (C=O) groups excluding carboxylic acids is 1. The summed E-state index contributed by atoms with van der Waals surface area (Å²) in [4.78, 5) is 11.9. The third-order valence-electron chi connectivity index (χ3n) is 5.06. The van der Waals surface area contributed by atoms with Crippen LogP contribution in [0.15, 0.2) is 11.6 Å². The molecule has 26 heavy (non-hydrogen) atoms. The van der Waals surface area contributed by atoms with Gasteiger partial charge in [0.05, 0.1) is 6.61 Å². The molecule has 154 valence electrons. The lowest BCUT2D eigenvalue weighted by Crippen LogP contribution is -2.07. The van der Waals surface area contributed by atoms with Gasteiger partial charge in [-0.25, -0.2) is 4.79 Å². The van der Waals surface area contributed by atoms with Gasteiger partial charge in [0.1, 0.15) is 0 Å². The second-order valence-electron chi connectivity index (χ2n) is 7.76. The first-order chi connectivity index (χ1) is 12.7. The first-order valence-electron chi connectivity index (χ1n) is 11.6. The van der Waals surface area contributed by atoms with Crippen LogP contribution >= 0.6 is 0 Å². The fourth-order valence-corrected chi connectivity index (χ4v) is 3.19. The van der Waals surface area contributed by atoms with E-state index in [-0.39, 0.29) is 5.97 Å². The number of unbranched alkanes of at least 4 members (excludes halogenated alkanes) is 15. The predicted octanol–water partition coefficient (Wildman–Crippen LogP) is 8.15. The van der Waals surface area contributed by atoms with Gasteiger partial charge >= 0.3 is 5.97 Å². The maximum Gasteiger partial charge on any atom is 0.333 e. The van der Waals surface area contributed by atoms with Crippen LogP contribution in [0.2, 0.25) is 0 Å². The van der Waals surface area contributed by atoms with Crippen LogP contribution < -0.4 is 0 Å². The van der Waals surface area contributed by atoms with Gasteiger partial charge in [0.15, 0.2) is 0 Å². The maximum atomic E-state index is 11.9. The zero-order valence-electron chi connectivity index (χ0n) is 18.1. The van der Waals surface area contributed by atoms with Gasteiger partial charge in [-0.3, -0.25) is 0 Å². The highest BCUT2D eigenvalue weighted by atomic mass is 16.5. The van der Waals surface area contributed by atoms with Gasteiger partial charge in [0.25, 0.3) is 0 Å². The minimum Gasteiger partial charge on any atom is -0.462 e. The van der Waals surface area contributed by atoms with Crippen LogP contribution in [0.25, 0.3) is 0 Å². The minimum atomic E-state index is -0.118. The summed E-state index contributed by atoms with van der Waals surface area (Å²) < 4.78 is 5.37. The molecular weight excluding hydrogens is 320 g/mol. The molecular formula is C24H46O2. The molecule has 0 aliphatic heterocycles. The SMILES string of the molecule is CCCCCCCCCC/C=C(\C)C(=O)OCCCCCCCCCC. The topological polar surface area (TPSA) is 26.3 Å². The van der Waals surface area contributed by atoms with Crippen molar-refractivity contribution >= 4 is 5.97 Å². The van der Waals surface area contributed by atoms with Crippen molar-refractivity contribution in [1.29, 1.82) is 0 Å². The summed E-state index contributed by atoms with van der Waals surface area (Å²) in [6.07, 6.45) is 23.9. The number of hydrogen-bond acceptors (Lipinski definition) is 2. The van der Waals surface area contributed by atoms with Crippen molar-refractivity contribution in [3.8, 4) is 0 Å². The zero-order chi connectivity index (χ0) is 19.3. The fourth-order valence-electron chi connectivity index (χ4n) is 3.19. The van der Waals surface area contributed by atoms with E-state index in [9.17, 15) is 4.79 Å².